The summed E-state index contributed by atoms with van der Waals surface area (Å²) >= 11 is 0. The number of ether oxygens (including phenoxy) is 1. The van der Waals surface area contributed by atoms with E-state index in [4.69, 9.17) is 4.74 Å². The van der Waals surface area contributed by atoms with Crippen molar-refractivity contribution in [3.63, 3.8) is 0 Å². The summed E-state index contributed by atoms with van der Waals surface area (Å²) in [4.78, 5) is 15.7. The molecule has 94 valence electrons. The average molecular weight is 244 g/mol. The summed E-state index contributed by atoms with van der Waals surface area (Å²) in [5, 5.41) is 0. The molecule has 0 atom stereocenters. The molecule has 2 aromatic rings. The second-order valence-electron chi connectivity index (χ2n) is 3.89. The molecule has 0 radical (unpaired) electrons. The van der Waals surface area contributed by atoms with Gasteiger partial charge < -0.3 is 4.74 Å². The number of imidazole rings is 1. The number of aryl methyl sites for hydroxylation is 1. The SMILES string of the molecule is CCOC(=O)c1cncn1-c1ccc(CC)cc1. The minimum atomic E-state index is -0.352. The van der Waals surface area contributed by atoms with Gasteiger partial charge in [-0.1, -0.05) is 19.1 Å². The Morgan fingerprint density at radius 3 is 2.61 bits per heavy atom. The lowest BCUT2D eigenvalue weighted by molar-refractivity contribution is 0.0517. The zero-order valence-corrected chi connectivity index (χ0v) is 10.6. The molecule has 0 N–H and O–H groups in total. The maximum atomic E-state index is 11.7. The van der Waals surface area contributed by atoms with Crippen molar-refractivity contribution in [1.82, 2.24) is 9.55 Å². The summed E-state index contributed by atoms with van der Waals surface area (Å²) in [6.45, 7) is 4.25. The van der Waals surface area contributed by atoms with Crippen molar-refractivity contribution in [3.05, 3.63) is 48.0 Å². The van der Waals surface area contributed by atoms with Crippen molar-refractivity contribution in [3.8, 4) is 5.69 Å². The van der Waals surface area contributed by atoms with Crippen LogP contribution in [-0.4, -0.2) is 22.1 Å². The molecule has 0 aliphatic heterocycles. The molecule has 0 aliphatic carbocycles. The quantitative estimate of drug-likeness (QED) is 0.776. The van der Waals surface area contributed by atoms with Crippen LogP contribution in [-0.2, 0) is 11.2 Å². The standard InChI is InChI=1S/C14H16N2O2/c1-3-11-5-7-12(8-6-11)16-10-15-9-13(16)14(17)18-4-2/h5-10H,3-4H2,1-2H3. The molecule has 0 saturated heterocycles. The highest BCUT2D eigenvalue weighted by Gasteiger charge is 2.13. The first-order chi connectivity index (χ1) is 8.76. The van der Waals surface area contributed by atoms with Crippen LogP contribution in [0.25, 0.3) is 5.69 Å². The third-order valence-electron chi connectivity index (χ3n) is 2.75. The maximum absolute atomic E-state index is 11.7. The Kier molecular flexibility index (Phi) is 3.77. The van der Waals surface area contributed by atoms with E-state index in [1.807, 2.05) is 24.3 Å². The van der Waals surface area contributed by atoms with E-state index in [9.17, 15) is 4.79 Å². The Hall–Kier alpha value is -2.10. The predicted octanol–water partition coefficient (Wildman–Crippen LogP) is 2.61. The van der Waals surface area contributed by atoms with Crippen molar-refractivity contribution in [1.29, 1.82) is 0 Å². The minimum Gasteiger partial charge on any atom is -0.461 e. The van der Waals surface area contributed by atoms with Crippen molar-refractivity contribution >= 4 is 5.97 Å². The van der Waals surface area contributed by atoms with Crippen molar-refractivity contribution in [2.75, 3.05) is 6.61 Å². The number of aromatic nitrogens is 2. The molecule has 1 aromatic heterocycles. The normalized spacial score (nSPS) is 10.3. The fourth-order valence-electron chi connectivity index (χ4n) is 1.75. The smallest absolute Gasteiger partial charge is 0.356 e. The van der Waals surface area contributed by atoms with Crippen LogP contribution < -0.4 is 0 Å². The van der Waals surface area contributed by atoms with Gasteiger partial charge in [-0.3, -0.25) is 4.57 Å². The van der Waals surface area contributed by atoms with Crippen LogP contribution in [0.5, 0.6) is 0 Å². The van der Waals surface area contributed by atoms with E-state index in [2.05, 4.69) is 11.9 Å². The van der Waals surface area contributed by atoms with Gasteiger partial charge in [0.15, 0.2) is 5.69 Å². The first-order valence-corrected chi connectivity index (χ1v) is 6.05. The van der Waals surface area contributed by atoms with E-state index >= 15 is 0 Å². The highest BCUT2D eigenvalue weighted by atomic mass is 16.5. The molecule has 0 aliphatic rings. The van der Waals surface area contributed by atoms with Gasteiger partial charge >= 0.3 is 5.97 Å². The van der Waals surface area contributed by atoms with E-state index in [-0.39, 0.29) is 5.97 Å². The van der Waals surface area contributed by atoms with Crippen LogP contribution in [0.1, 0.15) is 29.9 Å². The summed E-state index contributed by atoms with van der Waals surface area (Å²) in [5.74, 6) is -0.352. The highest BCUT2D eigenvalue weighted by molar-refractivity contribution is 5.88. The Bertz CT molecular complexity index is 529. The van der Waals surface area contributed by atoms with E-state index in [0.29, 0.717) is 12.3 Å². The molecule has 0 fully saturated rings. The first kappa shape index (κ1) is 12.4. The van der Waals surface area contributed by atoms with E-state index in [1.165, 1.54) is 11.8 Å². The Morgan fingerprint density at radius 1 is 1.28 bits per heavy atom. The molecule has 4 heteroatoms. The minimum absolute atomic E-state index is 0.352. The van der Waals surface area contributed by atoms with Gasteiger partial charge in [0.25, 0.3) is 0 Å². The second-order valence-corrected chi connectivity index (χ2v) is 3.89. The lowest BCUT2D eigenvalue weighted by atomic mass is 10.1. The fraction of sp³-hybridized carbons (Fsp3) is 0.286. The molecule has 0 spiro atoms. The van der Waals surface area contributed by atoms with Gasteiger partial charge in [0.2, 0.25) is 0 Å². The number of benzene rings is 1. The predicted molar refractivity (Wildman–Crippen MR) is 68.9 cm³/mol. The summed E-state index contributed by atoms with van der Waals surface area (Å²) < 4.78 is 6.73. The van der Waals surface area contributed by atoms with Crippen LogP contribution in [0.4, 0.5) is 0 Å². The van der Waals surface area contributed by atoms with E-state index in [1.54, 1.807) is 17.8 Å². The zero-order chi connectivity index (χ0) is 13.0. The third-order valence-corrected chi connectivity index (χ3v) is 2.75. The van der Waals surface area contributed by atoms with Crippen LogP contribution in [0.3, 0.4) is 0 Å². The Morgan fingerprint density at radius 2 is 2.00 bits per heavy atom. The lowest BCUT2D eigenvalue weighted by Crippen LogP contribution is -2.10. The van der Waals surface area contributed by atoms with Crippen LogP contribution in [0.2, 0.25) is 0 Å². The number of nitrogens with zero attached hydrogens (tertiary/aromatic N) is 2. The number of rotatable bonds is 4. The van der Waals surface area contributed by atoms with Gasteiger partial charge in [0.1, 0.15) is 0 Å². The Balaban J connectivity index is 2.32. The average Bonchev–Trinajstić information content (AvgIpc) is 2.88. The van der Waals surface area contributed by atoms with Gasteiger partial charge in [-0.05, 0) is 31.0 Å². The summed E-state index contributed by atoms with van der Waals surface area (Å²) in [6, 6.07) is 8.04. The van der Waals surface area contributed by atoms with Crippen LogP contribution in [0.15, 0.2) is 36.8 Å². The number of carbonyl (C=O) groups is 1. The van der Waals surface area contributed by atoms with Crippen molar-refractivity contribution in [2.24, 2.45) is 0 Å². The van der Waals surface area contributed by atoms with Crippen LogP contribution in [0, 0.1) is 0 Å². The summed E-state index contributed by atoms with van der Waals surface area (Å²) in [7, 11) is 0. The number of hydrogen-bond donors (Lipinski definition) is 0. The lowest BCUT2D eigenvalue weighted by Gasteiger charge is -2.08. The molecule has 1 aromatic carbocycles. The zero-order valence-electron chi connectivity index (χ0n) is 10.6. The van der Waals surface area contributed by atoms with E-state index in [0.717, 1.165) is 12.1 Å². The summed E-state index contributed by atoms with van der Waals surface area (Å²) in [6.07, 6.45) is 4.13. The molecule has 18 heavy (non-hydrogen) atoms. The number of carbonyl (C=O) groups excluding carboxylic acids is 1. The van der Waals surface area contributed by atoms with Gasteiger partial charge in [-0.25, -0.2) is 9.78 Å². The monoisotopic (exact) mass is 244 g/mol. The first-order valence-electron chi connectivity index (χ1n) is 6.05. The Labute approximate surface area is 106 Å². The molecule has 0 unspecified atom stereocenters. The summed E-state index contributed by atoms with van der Waals surface area (Å²) in [5.41, 5.74) is 2.62. The van der Waals surface area contributed by atoms with Gasteiger partial charge in [-0.2, -0.15) is 0 Å². The molecule has 4 nitrogen and oxygen atoms in total. The van der Waals surface area contributed by atoms with E-state index < -0.39 is 0 Å². The largest absolute Gasteiger partial charge is 0.461 e. The molecular formula is C14H16N2O2. The fourth-order valence-corrected chi connectivity index (χ4v) is 1.75. The molecule has 0 amide bonds. The molecular weight excluding hydrogens is 228 g/mol. The third kappa shape index (κ3) is 2.42. The number of esters is 1. The highest BCUT2D eigenvalue weighted by Crippen LogP contribution is 2.13. The van der Waals surface area contributed by atoms with Crippen molar-refractivity contribution < 1.29 is 9.53 Å². The van der Waals surface area contributed by atoms with Gasteiger partial charge in [-0.15, -0.1) is 0 Å². The molecule has 0 saturated carbocycles. The second kappa shape index (κ2) is 5.49. The molecule has 0 bridgehead atoms. The van der Waals surface area contributed by atoms with Gasteiger partial charge in [0, 0.05) is 5.69 Å². The van der Waals surface area contributed by atoms with Gasteiger partial charge in [0.05, 0.1) is 19.1 Å². The van der Waals surface area contributed by atoms with Crippen LogP contribution >= 0.6 is 0 Å². The topological polar surface area (TPSA) is 44.1 Å². The molecule has 1 heterocycles. The van der Waals surface area contributed by atoms with Crippen molar-refractivity contribution in [2.45, 2.75) is 20.3 Å². The maximum Gasteiger partial charge on any atom is 0.356 e. The molecule has 2 rings (SSSR count). The number of hydrogen-bond acceptors (Lipinski definition) is 3.